The van der Waals surface area contributed by atoms with Crippen molar-refractivity contribution in [2.45, 2.75) is 19.9 Å². The van der Waals surface area contributed by atoms with E-state index in [2.05, 4.69) is 9.97 Å². The van der Waals surface area contributed by atoms with Crippen molar-refractivity contribution in [3.63, 3.8) is 0 Å². The minimum absolute atomic E-state index is 0.155. The number of hydrogen-bond acceptors (Lipinski definition) is 4. The van der Waals surface area contributed by atoms with Crippen LogP contribution >= 0.6 is 0 Å². The minimum atomic E-state index is -1.06. The predicted octanol–water partition coefficient (Wildman–Crippen LogP) is 0.664. The summed E-state index contributed by atoms with van der Waals surface area (Å²) < 4.78 is 1.67. The molecule has 0 aliphatic carbocycles. The van der Waals surface area contributed by atoms with E-state index >= 15 is 0 Å². The molecule has 2 rings (SSSR count). The number of hydrogen-bond donors (Lipinski definition) is 1. The van der Waals surface area contributed by atoms with Crippen LogP contribution in [-0.2, 0) is 4.79 Å². The van der Waals surface area contributed by atoms with E-state index in [1.165, 1.54) is 11.1 Å². The minimum Gasteiger partial charge on any atom is -0.480 e. The lowest BCUT2D eigenvalue weighted by atomic mass is 10.2. The molecule has 0 radical (unpaired) electrons. The van der Waals surface area contributed by atoms with Gasteiger partial charge in [0.2, 0.25) is 0 Å². The van der Waals surface area contributed by atoms with Crippen LogP contribution in [0, 0.1) is 0 Å². The van der Waals surface area contributed by atoms with E-state index < -0.39 is 11.9 Å². The fraction of sp³-hybridized carbons (Fsp3) is 0.333. The maximum atomic E-state index is 12.4. The van der Waals surface area contributed by atoms with Crippen LogP contribution in [0.25, 0.3) is 5.65 Å². The molecule has 100 valence electrons. The number of carbonyl (C=O) groups is 2. The van der Waals surface area contributed by atoms with Gasteiger partial charge < -0.3 is 14.4 Å². The summed E-state index contributed by atoms with van der Waals surface area (Å²) in [6.07, 6.45) is 6.42. The van der Waals surface area contributed by atoms with E-state index in [9.17, 15) is 9.59 Å². The average molecular weight is 262 g/mol. The molecule has 0 saturated carbocycles. The molecule has 0 atom stereocenters. The van der Waals surface area contributed by atoms with Crippen LogP contribution in [0.2, 0.25) is 0 Å². The lowest BCUT2D eigenvalue weighted by Crippen LogP contribution is -2.41. The first-order valence-corrected chi connectivity index (χ1v) is 5.81. The summed E-state index contributed by atoms with van der Waals surface area (Å²) in [5.41, 5.74) is 0.575. The van der Waals surface area contributed by atoms with Gasteiger partial charge in [0.25, 0.3) is 5.91 Å². The second kappa shape index (κ2) is 5.05. The summed E-state index contributed by atoms with van der Waals surface area (Å²) in [4.78, 5) is 32.5. The molecule has 0 bridgehead atoms. The highest BCUT2D eigenvalue weighted by Gasteiger charge is 2.24. The van der Waals surface area contributed by atoms with Crippen molar-refractivity contribution in [1.29, 1.82) is 0 Å². The van der Waals surface area contributed by atoms with Gasteiger partial charge >= 0.3 is 5.97 Å². The second-order valence-electron chi connectivity index (χ2n) is 4.35. The smallest absolute Gasteiger partial charge is 0.323 e. The third-order valence-corrected chi connectivity index (χ3v) is 2.70. The normalized spacial score (nSPS) is 10.9. The van der Waals surface area contributed by atoms with Crippen LogP contribution in [0.5, 0.6) is 0 Å². The maximum absolute atomic E-state index is 12.4. The van der Waals surface area contributed by atoms with Crippen LogP contribution in [0.3, 0.4) is 0 Å². The van der Waals surface area contributed by atoms with Gasteiger partial charge in [-0.25, -0.2) is 9.97 Å². The Morgan fingerprint density at radius 1 is 1.32 bits per heavy atom. The Morgan fingerprint density at radius 2 is 1.95 bits per heavy atom. The van der Waals surface area contributed by atoms with Crippen LogP contribution in [-0.4, -0.2) is 48.8 Å². The molecule has 0 fully saturated rings. The monoisotopic (exact) mass is 262 g/mol. The van der Waals surface area contributed by atoms with Crippen molar-refractivity contribution in [3.05, 3.63) is 30.5 Å². The molecule has 0 spiro atoms. The topological polar surface area (TPSA) is 87.8 Å². The number of amides is 1. The van der Waals surface area contributed by atoms with Crippen molar-refractivity contribution < 1.29 is 14.7 Å². The summed E-state index contributed by atoms with van der Waals surface area (Å²) >= 11 is 0. The lowest BCUT2D eigenvalue weighted by molar-refractivity contribution is -0.138. The Labute approximate surface area is 109 Å². The van der Waals surface area contributed by atoms with E-state index in [0.29, 0.717) is 5.65 Å². The first kappa shape index (κ1) is 13.0. The molecule has 1 amide bonds. The first-order valence-electron chi connectivity index (χ1n) is 5.81. The fourth-order valence-corrected chi connectivity index (χ4v) is 1.78. The number of fused-ring (bicyclic) bond motifs is 1. The summed E-state index contributed by atoms with van der Waals surface area (Å²) in [5.74, 6) is -1.49. The SMILES string of the molecule is CC(C)N(CC(=O)O)C(=O)c1nccn2ccnc12. The van der Waals surface area contributed by atoms with Crippen molar-refractivity contribution >= 4 is 17.5 Å². The molecule has 0 aromatic carbocycles. The van der Waals surface area contributed by atoms with Gasteiger partial charge in [0, 0.05) is 30.8 Å². The summed E-state index contributed by atoms with van der Waals surface area (Å²) in [6.45, 7) is 3.15. The molecular weight excluding hydrogens is 248 g/mol. The van der Waals surface area contributed by atoms with Crippen LogP contribution in [0.15, 0.2) is 24.8 Å². The largest absolute Gasteiger partial charge is 0.480 e. The lowest BCUT2D eigenvalue weighted by Gasteiger charge is -2.24. The Bertz CT molecular complexity index is 620. The van der Waals surface area contributed by atoms with Crippen molar-refractivity contribution in [1.82, 2.24) is 19.3 Å². The van der Waals surface area contributed by atoms with Gasteiger partial charge in [0.1, 0.15) is 6.54 Å². The van der Waals surface area contributed by atoms with Gasteiger partial charge in [-0.15, -0.1) is 0 Å². The van der Waals surface area contributed by atoms with E-state index in [1.807, 2.05) is 0 Å². The molecule has 0 unspecified atom stereocenters. The van der Waals surface area contributed by atoms with Gasteiger partial charge in [-0.05, 0) is 13.8 Å². The number of rotatable bonds is 4. The van der Waals surface area contributed by atoms with Gasteiger partial charge in [0.15, 0.2) is 11.3 Å². The molecule has 7 heteroatoms. The van der Waals surface area contributed by atoms with Gasteiger partial charge in [-0.2, -0.15) is 0 Å². The zero-order chi connectivity index (χ0) is 14.0. The van der Waals surface area contributed by atoms with Crippen LogP contribution < -0.4 is 0 Å². The maximum Gasteiger partial charge on any atom is 0.323 e. The van der Waals surface area contributed by atoms with E-state index in [4.69, 9.17) is 5.11 Å². The molecule has 2 aromatic rings. The molecular formula is C12H14N4O3. The molecule has 0 aliphatic heterocycles. The van der Waals surface area contributed by atoms with Gasteiger partial charge in [0.05, 0.1) is 0 Å². The van der Waals surface area contributed by atoms with Crippen LogP contribution in [0.1, 0.15) is 24.3 Å². The number of nitrogens with zero attached hydrogens (tertiary/aromatic N) is 4. The number of carboxylic acid groups (broad SMARTS) is 1. The number of aromatic nitrogens is 3. The Balaban J connectivity index is 2.41. The zero-order valence-corrected chi connectivity index (χ0v) is 10.6. The molecule has 7 nitrogen and oxygen atoms in total. The summed E-state index contributed by atoms with van der Waals surface area (Å²) in [6, 6.07) is -0.236. The second-order valence-corrected chi connectivity index (χ2v) is 4.35. The Morgan fingerprint density at radius 3 is 2.53 bits per heavy atom. The highest BCUT2D eigenvalue weighted by atomic mass is 16.4. The Kier molecular flexibility index (Phi) is 3.46. The molecule has 19 heavy (non-hydrogen) atoms. The molecule has 0 aliphatic rings. The first-order chi connectivity index (χ1) is 9.00. The van der Waals surface area contributed by atoms with Crippen molar-refractivity contribution in [2.75, 3.05) is 6.54 Å². The van der Waals surface area contributed by atoms with Crippen molar-refractivity contribution in [2.24, 2.45) is 0 Å². The molecule has 1 N–H and O–H groups in total. The third-order valence-electron chi connectivity index (χ3n) is 2.70. The highest BCUT2D eigenvalue weighted by Crippen LogP contribution is 2.11. The van der Waals surface area contributed by atoms with Gasteiger partial charge in [-0.3, -0.25) is 9.59 Å². The standard InChI is InChI=1S/C12H14N4O3/c1-8(2)16(7-9(17)18)12(19)10-11-14-4-6-15(11)5-3-13-10/h3-6,8H,7H2,1-2H3,(H,17,18). The average Bonchev–Trinajstić information content (AvgIpc) is 2.82. The predicted molar refractivity (Wildman–Crippen MR) is 66.8 cm³/mol. The number of aliphatic carboxylic acids is 1. The Hall–Kier alpha value is -2.44. The highest BCUT2D eigenvalue weighted by molar-refractivity contribution is 5.99. The number of carbonyl (C=O) groups excluding carboxylic acids is 1. The number of carboxylic acids is 1. The fourth-order valence-electron chi connectivity index (χ4n) is 1.78. The summed E-state index contributed by atoms with van der Waals surface area (Å²) in [5, 5.41) is 8.87. The molecule has 2 aromatic heterocycles. The zero-order valence-electron chi connectivity index (χ0n) is 10.6. The quantitative estimate of drug-likeness (QED) is 0.874. The molecule has 2 heterocycles. The van der Waals surface area contributed by atoms with Gasteiger partial charge in [-0.1, -0.05) is 0 Å². The van der Waals surface area contributed by atoms with E-state index in [0.717, 1.165) is 0 Å². The number of imidazole rings is 1. The van der Waals surface area contributed by atoms with E-state index in [-0.39, 0.29) is 18.3 Å². The third kappa shape index (κ3) is 2.54. The van der Waals surface area contributed by atoms with Crippen molar-refractivity contribution in [3.8, 4) is 0 Å². The summed E-state index contributed by atoms with van der Waals surface area (Å²) in [7, 11) is 0. The van der Waals surface area contributed by atoms with E-state index in [1.54, 1.807) is 36.8 Å². The van der Waals surface area contributed by atoms with Crippen LogP contribution in [0.4, 0.5) is 0 Å². The molecule has 0 saturated heterocycles.